The van der Waals surface area contributed by atoms with Crippen LogP contribution in [0.4, 0.5) is 10.1 Å². The molecule has 20 heavy (non-hydrogen) atoms. The van der Waals surface area contributed by atoms with Crippen molar-refractivity contribution in [2.75, 3.05) is 38.3 Å². The lowest BCUT2D eigenvalue weighted by atomic mass is 10.1. The number of nitrogens with zero attached hydrogens (tertiary/aromatic N) is 1. The van der Waals surface area contributed by atoms with Crippen LogP contribution in [0.3, 0.4) is 0 Å². The Kier molecular flexibility index (Phi) is 5.76. The molecule has 0 aliphatic heterocycles. The first-order valence-corrected chi connectivity index (χ1v) is 7.11. The van der Waals surface area contributed by atoms with Crippen LogP contribution >= 0.6 is 0 Å². The van der Waals surface area contributed by atoms with Crippen LogP contribution in [0.15, 0.2) is 18.2 Å². The van der Waals surface area contributed by atoms with Gasteiger partial charge in [-0.2, -0.15) is 0 Å². The zero-order valence-corrected chi connectivity index (χ0v) is 11.9. The number of methoxy groups -OCH3 is 1. The molecule has 0 saturated heterocycles. The van der Waals surface area contributed by atoms with Gasteiger partial charge in [0.05, 0.1) is 18.9 Å². The van der Waals surface area contributed by atoms with E-state index in [1.165, 1.54) is 12.8 Å². The number of halogens is 1. The zero-order chi connectivity index (χ0) is 14.4. The van der Waals surface area contributed by atoms with Gasteiger partial charge < -0.3 is 20.1 Å². The van der Waals surface area contributed by atoms with Gasteiger partial charge in [-0.1, -0.05) is 6.07 Å². The third-order valence-electron chi connectivity index (χ3n) is 3.46. The van der Waals surface area contributed by atoms with Gasteiger partial charge >= 0.3 is 0 Å². The number of hydrogen-bond donors (Lipinski definition) is 2. The molecule has 112 valence electrons. The maximum Gasteiger partial charge on any atom is 0.146 e. The summed E-state index contributed by atoms with van der Waals surface area (Å²) in [5, 5.41) is 12.4. The lowest BCUT2D eigenvalue weighted by Crippen LogP contribution is -2.31. The second-order valence-corrected chi connectivity index (χ2v) is 5.14. The van der Waals surface area contributed by atoms with Crippen molar-refractivity contribution < 1.29 is 14.2 Å². The molecule has 0 spiro atoms. The zero-order valence-electron chi connectivity index (χ0n) is 11.9. The first-order valence-electron chi connectivity index (χ1n) is 7.11. The van der Waals surface area contributed by atoms with Crippen molar-refractivity contribution >= 4 is 5.69 Å². The Bertz CT molecular complexity index is 424. The molecule has 0 amide bonds. The summed E-state index contributed by atoms with van der Waals surface area (Å²) < 4.78 is 19.2. The van der Waals surface area contributed by atoms with Crippen molar-refractivity contribution in [3.8, 4) is 0 Å². The van der Waals surface area contributed by atoms with Crippen molar-refractivity contribution in [2.45, 2.75) is 25.4 Å². The molecule has 2 N–H and O–H groups in total. The monoisotopic (exact) mass is 282 g/mol. The summed E-state index contributed by atoms with van der Waals surface area (Å²) in [5.74, 6) is -0.246. The highest BCUT2D eigenvalue weighted by Crippen LogP contribution is 2.22. The maximum atomic E-state index is 14.2. The second kappa shape index (κ2) is 7.57. The van der Waals surface area contributed by atoms with E-state index in [4.69, 9.17) is 9.84 Å². The van der Waals surface area contributed by atoms with Gasteiger partial charge in [-0.15, -0.1) is 0 Å². The molecule has 0 atom stereocenters. The molecule has 1 aliphatic carbocycles. The standard InChI is InChI=1S/C15H23FN2O2/c1-20-9-7-18(6-8-19)15-5-2-12(10-14(15)16)11-17-13-3-4-13/h2,5,10,13,17,19H,3-4,6-9,11H2,1H3. The Hall–Kier alpha value is -1.17. The van der Waals surface area contributed by atoms with Crippen molar-refractivity contribution in [2.24, 2.45) is 0 Å². The number of rotatable bonds is 9. The molecule has 1 fully saturated rings. The molecular weight excluding hydrogens is 259 g/mol. The van der Waals surface area contributed by atoms with E-state index >= 15 is 0 Å². The van der Waals surface area contributed by atoms with Gasteiger partial charge in [0.25, 0.3) is 0 Å². The van der Waals surface area contributed by atoms with Crippen molar-refractivity contribution in [1.82, 2.24) is 5.32 Å². The summed E-state index contributed by atoms with van der Waals surface area (Å²) in [5.41, 5.74) is 1.47. The lowest BCUT2D eigenvalue weighted by molar-refractivity contribution is 0.202. The fourth-order valence-corrected chi connectivity index (χ4v) is 2.14. The number of anilines is 1. The maximum absolute atomic E-state index is 14.2. The molecule has 0 aromatic heterocycles. The summed E-state index contributed by atoms with van der Waals surface area (Å²) in [7, 11) is 1.61. The minimum absolute atomic E-state index is 0.00581. The van der Waals surface area contributed by atoms with Crippen LogP contribution in [0, 0.1) is 5.82 Å². The summed E-state index contributed by atoms with van der Waals surface area (Å²) in [6.45, 7) is 2.17. The normalized spacial score (nSPS) is 14.6. The topological polar surface area (TPSA) is 44.7 Å². The van der Waals surface area contributed by atoms with E-state index in [-0.39, 0.29) is 12.4 Å². The smallest absolute Gasteiger partial charge is 0.146 e. The molecule has 0 unspecified atom stereocenters. The molecule has 4 nitrogen and oxygen atoms in total. The SMILES string of the molecule is COCCN(CCO)c1ccc(CNC2CC2)cc1F. The van der Waals surface area contributed by atoms with Crippen LogP contribution in [-0.2, 0) is 11.3 Å². The third kappa shape index (κ3) is 4.44. The number of aliphatic hydroxyl groups is 1. The van der Waals surface area contributed by atoms with Gasteiger partial charge in [-0.05, 0) is 30.5 Å². The van der Waals surface area contributed by atoms with E-state index in [2.05, 4.69) is 5.32 Å². The minimum Gasteiger partial charge on any atom is -0.395 e. The van der Waals surface area contributed by atoms with Gasteiger partial charge in [0, 0.05) is 32.8 Å². The highest BCUT2D eigenvalue weighted by atomic mass is 19.1. The Morgan fingerprint density at radius 2 is 2.20 bits per heavy atom. The van der Waals surface area contributed by atoms with Crippen LogP contribution in [0.1, 0.15) is 18.4 Å². The van der Waals surface area contributed by atoms with Gasteiger partial charge in [0.1, 0.15) is 5.82 Å². The highest BCUT2D eigenvalue weighted by Gasteiger charge is 2.20. The number of hydrogen-bond acceptors (Lipinski definition) is 4. The molecule has 0 bridgehead atoms. The summed E-state index contributed by atoms with van der Waals surface area (Å²) in [6.07, 6.45) is 2.45. The predicted octanol–water partition coefficient (Wildman–Crippen LogP) is 1.52. The van der Waals surface area contributed by atoms with E-state index in [0.717, 1.165) is 5.56 Å². The van der Waals surface area contributed by atoms with Crippen LogP contribution in [0.2, 0.25) is 0 Å². The van der Waals surface area contributed by atoms with Crippen molar-refractivity contribution in [3.63, 3.8) is 0 Å². The lowest BCUT2D eigenvalue weighted by Gasteiger charge is -2.24. The Morgan fingerprint density at radius 1 is 1.40 bits per heavy atom. The summed E-state index contributed by atoms with van der Waals surface area (Å²) in [6, 6.07) is 5.91. The van der Waals surface area contributed by atoms with E-state index in [9.17, 15) is 4.39 Å². The van der Waals surface area contributed by atoms with Crippen LogP contribution in [0.5, 0.6) is 0 Å². The van der Waals surface area contributed by atoms with Crippen molar-refractivity contribution in [1.29, 1.82) is 0 Å². The summed E-state index contributed by atoms with van der Waals surface area (Å²) in [4.78, 5) is 1.80. The molecule has 1 saturated carbocycles. The van der Waals surface area contributed by atoms with Crippen LogP contribution < -0.4 is 10.2 Å². The molecule has 5 heteroatoms. The van der Waals surface area contributed by atoms with E-state index < -0.39 is 0 Å². The quantitative estimate of drug-likeness (QED) is 0.721. The number of aliphatic hydroxyl groups excluding tert-OH is 1. The average molecular weight is 282 g/mol. The third-order valence-corrected chi connectivity index (χ3v) is 3.46. The second-order valence-electron chi connectivity index (χ2n) is 5.14. The molecule has 2 rings (SSSR count). The molecular formula is C15H23FN2O2. The first-order chi connectivity index (χ1) is 9.74. The molecule has 1 aromatic carbocycles. The van der Waals surface area contributed by atoms with Crippen LogP contribution in [-0.4, -0.2) is 44.6 Å². The Labute approximate surface area is 119 Å². The number of benzene rings is 1. The number of nitrogens with one attached hydrogen (secondary N) is 1. The average Bonchev–Trinajstić information content (AvgIpc) is 3.26. The first kappa shape index (κ1) is 15.2. The van der Waals surface area contributed by atoms with Crippen molar-refractivity contribution in [3.05, 3.63) is 29.6 Å². The van der Waals surface area contributed by atoms with Gasteiger partial charge in [-0.3, -0.25) is 0 Å². The number of ether oxygens (including phenoxy) is 1. The van der Waals surface area contributed by atoms with E-state index in [1.54, 1.807) is 24.1 Å². The van der Waals surface area contributed by atoms with E-state index in [0.29, 0.717) is 38.0 Å². The summed E-state index contributed by atoms with van der Waals surface area (Å²) >= 11 is 0. The molecule has 0 radical (unpaired) electrons. The van der Waals surface area contributed by atoms with Gasteiger partial charge in [-0.25, -0.2) is 4.39 Å². The Balaban J connectivity index is 2.00. The Morgan fingerprint density at radius 3 is 2.80 bits per heavy atom. The molecule has 1 aromatic rings. The van der Waals surface area contributed by atoms with E-state index in [1.807, 2.05) is 6.07 Å². The fraction of sp³-hybridized carbons (Fsp3) is 0.600. The minimum atomic E-state index is -0.246. The van der Waals surface area contributed by atoms with Gasteiger partial charge in [0.15, 0.2) is 0 Å². The predicted molar refractivity (Wildman–Crippen MR) is 77.4 cm³/mol. The van der Waals surface area contributed by atoms with Gasteiger partial charge in [0.2, 0.25) is 0 Å². The molecule has 1 aliphatic rings. The highest BCUT2D eigenvalue weighted by molar-refractivity contribution is 5.49. The largest absolute Gasteiger partial charge is 0.395 e. The molecule has 0 heterocycles. The fourth-order valence-electron chi connectivity index (χ4n) is 2.14. The van der Waals surface area contributed by atoms with Crippen LogP contribution in [0.25, 0.3) is 0 Å².